The van der Waals surface area contributed by atoms with Gasteiger partial charge in [-0.1, -0.05) is 0 Å². The number of anilines is 1. The van der Waals surface area contributed by atoms with Crippen LogP contribution in [0.25, 0.3) is 0 Å². The highest BCUT2D eigenvalue weighted by Crippen LogP contribution is 2.30. The summed E-state index contributed by atoms with van der Waals surface area (Å²) in [5.41, 5.74) is 2.32. The monoisotopic (exact) mass is 434 g/mol. The summed E-state index contributed by atoms with van der Waals surface area (Å²) in [6, 6.07) is 5.21. The molecule has 0 saturated carbocycles. The van der Waals surface area contributed by atoms with E-state index in [0.29, 0.717) is 29.3 Å². The molecule has 164 valence electrons. The lowest BCUT2D eigenvalue weighted by Crippen LogP contribution is -2.39. The van der Waals surface area contributed by atoms with Gasteiger partial charge in [-0.05, 0) is 57.4 Å². The topological polar surface area (TPSA) is 101 Å². The standard InChI is InChI=1S/C23H23FN6O2/c1-14-11-26-19(13-25-14)23(32)30-10-4-3-5-20(30)21-27-12-18(15(2)28-21)22(31)29-17-8-6-16(24)7-9-17/h6-9,11-13,20H,3-5,10H2,1-2H3,(H,29,31)/t20-/m0/s1. The second kappa shape index (κ2) is 9.17. The number of rotatable bonds is 4. The Bertz CT molecular complexity index is 1130. The van der Waals surface area contributed by atoms with E-state index in [-0.39, 0.29) is 29.4 Å². The number of likely N-dealkylation sites (tertiary alicyclic amines) is 1. The van der Waals surface area contributed by atoms with Crippen molar-refractivity contribution in [3.63, 3.8) is 0 Å². The van der Waals surface area contributed by atoms with Crippen LogP contribution in [0.5, 0.6) is 0 Å². The van der Waals surface area contributed by atoms with Crippen molar-refractivity contribution in [1.82, 2.24) is 24.8 Å². The van der Waals surface area contributed by atoms with E-state index in [2.05, 4.69) is 25.3 Å². The molecule has 1 aliphatic heterocycles. The summed E-state index contributed by atoms with van der Waals surface area (Å²) in [5, 5.41) is 2.71. The van der Waals surface area contributed by atoms with Gasteiger partial charge < -0.3 is 10.2 Å². The van der Waals surface area contributed by atoms with Gasteiger partial charge in [0.2, 0.25) is 0 Å². The summed E-state index contributed by atoms with van der Waals surface area (Å²) < 4.78 is 13.1. The van der Waals surface area contributed by atoms with Crippen molar-refractivity contribution in [2.24, 2.45) is 0 Å². The Morgan fingerprint density at radius 1 is 1.03 bits per heavy atom. The number of carbonyl (C=O) groups is 2. The van der Waals surface area contributed by atoms with Crippen molar-refractivity contribution in [3.05, 3.63) is 77.1 Å². The van der Waals surface area contributed by atoms with Crippen LogP contribution in [-0.4, -0.2) is 43.2 Å². The maximum atomic E-state index is 13.1. The second-order valence-electron chi connectivity index (χ2n) is 7.74. The lowest BCUT2D eigenvalue weighted by atomic mass is 10.0. The lowest BCUT2D eigenvalue weighted by Gasteiger charge is -2.34. The van der Waals surface area contributed by atoms with E-state index < -0.39 is 0 Å². The van der Waals surface area contributed by atoms with Crippen molar-refractivity contribution in [1.29, 1.82) is 0 Å². The minimum Gasteiger partial charge on any atom is -0.327 e. The Balaban J connectivity index is 1.54. The summed E-state index contributed by atoms with van der Waals surface area (Å²) in [5.74, 6) is -0.474. The van der Waals surface area contributed by atoms with Crippen molar-refractivity contribution < 1.29 is 14.0 Å². The fourth-order valence-corrected chi connectivity index (χ4v) is 3.69. The molecule has 1 saturated heterocycles. The minimum atomic E-state index is -0.382. The first kappa shape index (κ1) is 21.5. The van der Waals surface area contributed by atoms with Gasteiger partial charge in [-0.25, -0.2) is 19.3 Å². The molecule has 1 aliphatic rings. The number of halogens is 1. The Morgan fingerprint density at radius 2 is 1.81 bits per heavy atom. The van der Waals surface area contributed by atoms with Gasteiger partial charge in [-0.2, -0.15) is 0 Å². The highest BCUT2D eigenvalue weighted by atomic mass is 19.1. The normalized spacial score (nSPS) is 16.0. The summed E-state index contributed by atoms with van der Waals surface area (Å²) in [6.07, 6.45) is 7.09. The average Bonchev–Trinajstić information content (AvgIpc) is 2.80. The number of nitrogens with zero attached hydrogens (tertiary/aromatic N) is 5. The predicted octanol–water partition coefficient (Wildman–Crippen LogP) is 3.64. The molecule has 9 heteroatoms. The Labute approximate surface area is 185 Å². The molecule has 0 radical (unpaired) electrons. The largest absolute Gasteiger partial charge is 0.327 e. The van der Waals surface area contributed by atoms with E-state index in [1.165, 1.54) is 36.7 Å². The van der Waals surface area contributed by atoms with Crippen molar-refractivity contribution in [2.75, 3.05) is 11.9 Å². The van der Waals surface area contributed by atoms with E-state index in [0.717, 1.165) is 25.0 Å². The van der Waals surface area contributed by atoms with Gasteiger partial charge in [-0.3, -0.25) is 14.6 Å². The van der Waals surface area contributed by atoms with Crippen molar-refractivity contribution in [2.45, 2.75) is 39.2 Å². The fourth-order valence-electron chi connectivity index (χ4n) is 3.69. The zero-order valence-corrected chi connectivity index (χ0v) is 17.9. The van der Waals surface area contributed by atoms with Crippen LogP contribution in [0, 0.1) is 19.7 Å². The maximum absolute atomic E-state index is 13.1. The number of hydrogen-bond acceptors (Lipinski definition) is 6. The number of nitrogens with one attached hydrogen (secondary N) is 1. The van der Waals surface area contributed by atoms with E-state index in [9.17, 15) is 14.0 Å². The van der Waals surface area contributed by atoms with Gasteiger partial charge >= 0.3 is 0 Å². The number of piperidine rings is 1. The van der Waals surface area contributed by atoms with E-state index in [4.69, 9.17) is 0 Å². The lowest BCUT2D eigenvalue weighted by molar-refractivity contribution is 0.0592. The molecule has 0 unspecified atom stereocenters. The fraction of sp³-hybridized carbons (Fsp3) is 0.304. The third kappa shape index (κ3) is 4.61. The molecule has 2 amide bonds. The maximum Gasteiger partial charge on any atom is 0.274 e. The molecule has 1 N–H and O–H groups in total. The van der Waals surface area contributed by atoms with Crippen LogP contribution in [0.2, 0.25) is 0 Å². The molecule has 3 heterocycles. The van der Waals surface area contributed by atoms with Gasteiger partial charge in [0, 0.05) is 24.6 Å². The van der Waals surface area contributed by atoms with E-state index >= 15 is 0 Å². The molecule has 8 nitrogen and oxygen atoms in total. The molecule has 1 fully saturated rings. The zero-order chi connectivity index (χ0) is 22.7. The van der Waals surface area contributed by atoms with Crippen LogP contribution in [-0.2, 0) is 0 Å². The summed E-state index contributed by atoms with van der Waals surface area (Å²) in [6.45, 7) is 4.12. The molecular formula is C23H23FN6O2. The van der Waals surface area contributed by atoms with Crippen LogP contribution >= 0.6 is 0 Å². The molecule has 32 heavy (non-hydrogen) atoms. The number of benzene rings is 1. The average molecular weight is 434 g/mol. The molecule has 0 spiro atoms. The first-order chi connectivity index (χ1) is 15.4. The number of amides is 2. The zero-order valence-electron chi connectivity index (χ0n) is 17.9. The van der Waals surface area contributed by atoms with Crippen LogP contribution in [0.1, 0.15) is 63.4 Å². The molecule has 1 aromatic carbocycles. The van der Waals surface area contributed by atoms with Gasteiger partial charge in [-0.15, -0.1) is 0 Å². The first-order valence-electron chi connectivity index (χ1n) is 10.4. The highest BCUT2D eigenvalue weighted by Gasteiger charge is 2.32. The molecule has 4 rings (SSSR count). The van der Waals surface area contributed by atoms with Crippen LogP contribution in [0.15, 0.2) is 42.9 Å². The van der Waals surface area contributed by atoms with Crippen LogP contribution in [0.4, 0.5) is 10.1 Å². The minimum absolute atomic E-state index is 0.207. The van der Waals surface area contributed by atoms with Crippen molar-refractivity contribution >= 4 is 17.5 Å². The van der Waals surface area contributed by atoms with Gasteiger partial charge in [0.15, 0.2) is 5.82 Å². The predicted molar refractivity (Wildman–Crippen MR) is 116 cm³/mol. The molecule has 1 atom stereocenters. The molecular weight excluding hydrogens is 411 g/mol. The Hall–Kier alpha value is -3.75. The summed E-state index contributed by atoms with van der Waals surface area (Å²) >= 11 is 0. The van der Waals surface area contributed by atoms with Crippen LogP contribution in [0.3, 0.4) is 0 Å². The Morgan fingerprint density at radius 3 is 2.50 bits per heavy atom. The molecule has 3 aromatic rings. The highest BCUT2D eigenvalue weighted by molar-refractivity contribution is 6.04. The Kier molecular flexibility index (Phi) is 6.16. The summed E-state index contributed by atoms with van der Waals surface area (Å²) in [4.78, 5) is 44.8. The SMILES string of the molecule is Cc1cnc(C(=O)N2CCCC[C@H]2c2ncc(C(=O)Nc3ccc(F)cc3)c(C)n2)cn1. The first-order valence-corrected chi connectivity index (χ1v) is 10.4. The number of aromatic nitrogens is 4. The van der Waals surface area contributed by atoms with Gasteiger partial charge in [0.1, 0.15) is 11.5 Å². The third-order valence-corrected chi connectivity index (χ3v) is 5.41. The van der Waals surface area contributed by atoms with Gasteiger partial charge in [0.25, 0.3) is 11.8 Å². The number of aryl methyl sites for hydroxylation is 2. The quantitative estimate of drug-likeness (QED) is 0.673. The summed E-state index contributed by atoms with van der Waals surface area (Å²) in [7, 11) is 0. The van der Waals surface area contributed by atoms with Crippen molar-refractivity contribution in [3.8, 4) is 0 Å². The molecule has 2 aromatic heterocycles. The number of hydrogen-bond donors (Lipinski definition) is 1. The smallest absolute Gasteiger partial charge is 0.274 e. The van der Waals surface area contributed by atoms with Gasteiger partial charge in [0.05, 0.1) is 29.2 Å². The molecule has 0 bridgehead atoms. The number of carbonyl (C=O) groups excluding carboxylic acids is 2. The van der Waals surface area contributed by atoms with E-state index in [1.54, 1.807) is 18.0 Å². The second-order valence-corrected chi connectivity index (χ2v) is 7.74. The van der Waals surface area contributed by atoms with E-state index in [1.807, 2.05) is 6.92 Å². The van der Waals surface area contributed by atoms with Crippen LogP contribution < -0.4 is 5.32 Å². The molecule has 0 aliphatic carbocycles. The third-order valence-electron chi connectivity index (χ3n) is 5.41.